The first-order valence-electron chi connectivity index (χ1n) is 5.71. The molecular formula is C13H12N4O2. The van der Waals surface area contributed by atoms with Gasteiger partial charge in [0.1, 0.15) is 11.3 Å². The molecule has 3 aromatic heterocycles. The number of fused-ring (bicyclic) bond motifs is 1. The molecule has 0 aliphatic rings. The third-order valence-electron chi connectivity index (χ3n) is 2.74. The Labute approximate surface area is 109 Å². The van der Waals surface area contributed by atoms with Crippen LogP contribution in [0.25, 0.3) is 17.2 Å². The first-order chi connectivity index (χ1) is 9.31. The second-order valence-electron chi connectivity index (χ2n) is 3.85. The van der Waals surface area contributed by atoms with Gasteiger partial charge in [0.2, 0.25) is 11.8 Å². The predicted molar refractivity (Wildman–Crippen MR) is 69.3 cm³/mol. The van der Waals surface area contributed by atoms with Crippen LogP contribution in [0.2, 0.25) is 0 Å². The molecule has 0 bridgehead atoms. The van der Waals surface area contributed by atoms with Gasteiger partial charge in [0, 0.05) is 6.20 Å². The highest BCUT2D eigenvalue weighted by Crippen LogP contribution is 2.23. The second-order valence-corrected chi connectivity index (χ2v) is 3.85. The molecule has 96 valence electrons. The molecule has 0 N–H and O–H groups in total. The summed E-state index contributed by atoms with van der Waals surface area (Å²) < 4.78 is 12.2. The highest BCUT2D eigenvalue weighted by Gasteiger charge is 2.11. The molecule has 0 saturated heterocycles. The van der Waals surface area contributed by atoms with Crippen LogP contribution in [0.15, 0.2) is 36.7 Å². The van der Waals surface area contributed by atoms with E-state index in [1.165, 1.54) is 0 Å². The van der Waals surface area contributed by atoms with Gasteiger partial charge in [-0.2, -0.15) is 9.97 Å². The summed E-state index contributed by atoms with van der Waals surface area (Å²) in [7, 11) is 3.11. The Kier molecular flexibility index (Phi) is 2.75. The number of nitrogens with zero attached hydrogens (tertiary/aromatic N) is 4. The quantitative estimate of drug-likeness (QED) is 0.715. The van der Waals surface area contributed by atoms with E-state index in [4.69, 9.17) is 9.47 Å². The molecular weight excluding hydrogens is 244 g/mol. The van der Waals surface area contributed by atoms with E-state index in [1.54, 1.807) is 26.5 Å². The van der Waals surface area contributed by atoms with E-state index in [0.29, 0.717) is 17.6 Å². The van der Waals surface area contributed by atoms with Crippen molar-refractivity contribution in [3.63, 3.8) is 0 Å². The molecule has 3 heterocycles. The minimum atomic E-state index is 0.452. The highest BCUT2D eigenvalue weighted by molar-refractivity contribution is 5.57. The largest absolute Gasteiger partial charge is 0.481 e. The summed E-state index contributed by atoms with van der Waals surface area (Å²) in [6.07, 6.45) is 3.64. The minimum absolute atomic E-state index is 0.452. The summed E-state index contributed by atoms with van der Waals surface area (Å²) in [4.78, 5) is 12.9. The van der Waals surface area contributed by atoms with Crippen molar-refractivity contribution in [3.8, 4) is 23.3 Å². The number of aromatic nitrogens is 4. The molecule has 0 radical (unpaired) electrons. The Bertz CT molecular complexity index is 701. The number of pyridine rings is 1. The molecule has 19 heavy (non-hydrogen) atoms. The van der Waals surface area contributed by atoms with Crippen LogP contribution in [-0.2, 0) is 0 Å². The molecule has 0 aromatic carbocycles. The van der Waals surface area contributed by atoms with Crippen molar-refractivity contribution >= 4 is 5.65 Å². The van der Waals surface area contributed by atoms with Gasteiger partial charge in [-0.1, -0.05) is 6.07 Å². The van der Waals surface area contributed by atoms with Gasteiger partial charge >= 0.3 is 0 Å². The van der Waals surface area contributed by atoms with Crippen molar-refractivity contribution in [2.75, 3.05) is 14.2 Å². The lowest BCUT2D eigenvalue weighted by Crippen LogP contribution is -1.98. The zero-order chi connectivity index (χ0) is 13.2. The molecule has 0 fully saturated rings. The number of hydrogen-bond acceptors (Lipinski definition) is 5. The summed E-state index contributed by atoms with van der Waals surface area (Å²) in [5, 5.41) is 0. The van der Waals surface area contributed by atoms with E-state index in [1.807, 2.05) is 28.8 Å². The van der Waals surface area contributed by atoms with Crippen LogP contribution < -0.4 is 9.47 Å². The van der Waals surface area contributed by atoms with Gasteiger partial charge in [-0.25, -0.2) is 4.98 Å². The maximum absolute atomic E-state index is 5.15. The van der Waals surface area contributed by atoms with Crippen LogP contribution in [0.1, 0.15) is 0 Å². The number of rotatable bonds is 3. The lowest BCUT2D eigenvalue weighted by atomic mass is 10.4. The number of imidazole rings is 1. The lowest BCUT2D eigenvalue weighted by Gasteiger charge is -2.06. The maximum atomic E-state index is 5.15. The van der Waals surface area contributed by atoms with E-state index in [9.17, 15) is 0 Å². The Hall–Kier alpha value is -2.63. The molecule has 0 atom stereocenters. The fourth-order valence-corrected chi connectivity index (χ4v) is 1.83. The van der Waals surface area contributed by atoms with Crippen molar-refractivity contribution in [3.05, 3.63) is 36.7 Å². The first-order valence-corrected chi connectivity index (χ1v) is 5.71. The first kappa shape index (κ1) is 11.5. The highest BCUT2D eigenvalue weighted by atomic mass is 16.5. The van der Waals surface area contributed by atoms with Crippen LogP contribution >= 0.6 is 0 Å². The average molecular weight is 256 g/mol. The number of methoxy groups -OCH3 is 2. The number of ether oxygens (including phenoxy) is 2. The molecule has 3 rings (SSSR count). The van der Waals surface area contributed by atoms with Gasteiger partial charge in [-0.15, -0.1) is 0 Å². The Morgan fingerprint density at radius 2 is 1.79 bits per heavy atom. The van der Waals surface area contributed by atoms with Crippen molar-refractivity contribution in [2.45, 2.75) is 0 Å². The summed E-state index contributed by atoms with van der Waals surface area (Å²) in [5.41, 5.74) is 1.62. The summed E-state index contributed by atoms with van der Waals surface area (Å²) in [5.74, 6) is 1.41. The van der Waals surface area contributed by atoms with Crippen molar-refractivity contribution in [1.29, 1.82) is 0 Å². The Balaban J connectivity index is 2.20. The standard InChI is InChI=1S/C13H12N4O2/c1-18-11-7-12(19-2)16-13(15-11)9-8-14-10-5-3-4-6-17(9)10/h3-8H,1-2H3. The Morgan fingerprint density at radius 1 is 1.05 bits per heavy atom. The van der Waals surface area contributed by atoms with E-state index in [2.05, 4.69) is 15.0 Å². The van der Waals surface area contributed by atoms with E-state index in [-0.39, 0.29) is 0 Å². The molecule has 6 nitrogen and oxygen atoms in total. The molecule has 0 aliphatic heterocycles. The zero-order valence-electron chi connectivity index (χ0n) is 10.6. The third-order valence-corrected chi connectivity index (χ3v) is 2.74. The topological polar surface area (TPSA) is 61.5 Å². The van der Waals surface area contributed by atoms with E-state index < -0.39 is 0 Å². The van der Waals surface area contributed by atoms with Crippen LogP contribution in [-0.4, -0.2) is 33.6 Å². The van der Waals surface area contributed by atoms with Crippen LogP contribution in [0.4, 0.5) is 0 Å². The van der Waals surface area contributed by atoms with Crippen LogP contribution in [0.3, 0.4) is 0 Å². The Morgan fingerprint density at radius 3 is 2.47 bits per heavy atom. The molecule has 0 spiro atoms. The zero-order valence-corrected chi connectivity index (χ0v) is 10.6. The fourth-order valence-electron chi connectivity index (χ4n) is 1.83. The molecule has 6 heteroatoms. The average Bonchev–Trinajstić information content (AvgIpc) is 2.90. The minimum Gasteiger partial charge on any atom is -0.481 e. The molecule has 0 amide bonds. The third kappa shape index (κ3) is 1.97. The van der Waals surface area contributed by atoms with Gasteiger partial charge < -0.3 is 9.47 Å². The fraction of sp³-hybridized carbons (Fsp3) is 0.154. The van der Waals surface area contributed by atoms with E-state index >= 15 is 0 Å². The predicted octanol–water partition coefficient (Wildman–Crippen LogP) is 1.81. The second kappa shape index (κ2) is 4.56. The molecule has 3 aromatic rings. The SMILES string of the molecule is COc1cc(OC)nc(-c2cnc3ccccn23)n1. The maximum Gasteiger partial charge on any atom is 0.220 e. The smallest absolute Gasteiger partial charge is 0.220 e. The normalized spacial score (nSPS) is 10.6. The van der Waals surface area contributed by atoms with Crippen LogP contribution in [0.5, 0.6) is 11.8 Å². The van der Waals surface area contributed by atoms with Gasteiger partial charge in [0.25, 0.3) is 0 Å². The van der Waals surface area contributed by atoms with Gasteiger partial charge in [-0.05, 0) is 12.1 Å². The van der Waals surface area contributed by atoms with Crippen molar-refractivity contribution in [1.82, 2.24) is 19.4 Å². The molecule has 0 unspecified atom stereocenters. The monoisotopic (exact) mass is 256 g/mol. The van der Waals surface area contributed by atoms with Crippen molar-refractivity contribution < 1.29 is 9.47 Å². The summed E-state index contributed by atoms with van der Waals surface area (Å²) in [6, 6.07) is 7.41. The summed E-state index contributed by atoms with van der Waals surface area (Å²) in [6.45, 7) is 0. The summed E-state index contributed by atoms with van der Waals surface area (Å²) >= 11 is 0. The van der Waals surface area contributed by atoms with Crippen molar-refractivity contribution in [2.24, 2.45) is 0 Å². The van der Waals surface area contributed by atoms with Crippen LogP contribution in [0, 0.1) is 0 Å². The molecule has 0 aliphatic carbocycles. The van der Waals surface area contributed by atoms with Gasteiger partial charge in [0.15, 0.2) is 5.82 Å². The number of hydrogen-bond donors (Lipinski definition) is 0. The lowest BCUT2D eigenvalue weighted by molar-refractivity contribution is 0.372. The van der Waals surface area contributed by atoms with Gasteiger partial charge in [0.05, 0.1) is 26.5 Å². The molecule has 0 saturated carbocycles. The van der Waals surface area contributed by atoms with Gasteiger partial charge in [-0.3, -0.25) is 4.40 Å². The van der Waals surface area contributed by atoms with E-state index in [0.717, 1.165) is 11.3 Å².